The van der Waals surface area contributed by atoms with Gasteiger partial charge in [0.2, 0.25) is 0 Å². The van der Waals surface area contributed by atoms with Crippen LogP contribution in [0.4, 0.5) is 28.4 Å². The molecule has 0 spiro atoms. The van der Waals surface area contributed by atoms with Crippen LogP contribution in [0.5, 0.6) is 5.75 Å². The van der Waals surface area contributed by atoms with Gasteiger partial charge in [0.25, 0.3) is 10.1 Å². The number of anilines is 1. The summed E-state index contributed by atoms with van der Waals surface area (Å²) in [6.07, 6.45) is 1.89. The van der Waals surface area contributed by atoms with Gasteiger partial charge in [-0.25, -0.2) is 13.7 Å². The molecule has 0 bridgehead atoms. The fourth-order valence-electron chi connectivity index (χ4n) is 4.12. The fourth-order valence-corrected chi connectivity index (χ4v) is 7.26. The Bertz CT molecular complexity index is 2430. The van der Waals surface area contributed by atoms with E-state index in [1.807, 2.05) is 6.11 Å². The lowest BCUT2D eigenvalue weighted by molar-refractivity contribution is -0.432. The molecule has 0 aromatic heterocycles. The van der Waals surface area contributed by atoms with Gasteiger partial charge in [0.15, 0.2) is 21.7 Å². The molecule has 25 heteroatoms. The number of hydrogen-bond donors (Lipinski definition) is 5. The first kappa shape index (κ1) is 41.3. The van der Waals surface area contributed by atoms with Crippen LogP contribution in [0.15, 0.2) is 101 Å². The number of hydrogen-bond acceptors (Lipinski definition) is 20. The molecule has 0 radical (unpaired) electrons. The molecule has 4 aromatic carbocycles. The van der Waals surface area contributed by atoms with Crippen molar-refractivity contribution in [1.29, 1.82) is 0 Å². The Morgan fingerprint density at radius 2 is 1.47 bits per heavy atom. The average Bonchev–Trinajstić information content (AvgIpc) is 3.08. The second-order valence-corrected chi connectivity index (χ2v) is 16.5. The molecule has 20 nitrogen and oxygen atoms in total. The number of azo groups is 2. The van der Waals surface area contributed by atoms with E-state index in [2.05, 4.69) is 44.3 Å². The summed E-state index contributed by atoms with van der Waals surface area (Å²) in [5.74, 6) is -0.788. The molecule has 4 aromatic rings. The standard InChI is InChI=1S/C28H26N6O14S5/c1-34(2)11-14-51(37,38)21-9-5-19(6-10-21)31-33-27-23(52(39,40)41)16-17-15-22(50-47-46-36)26(28(35)24(17)25(27)29)32-30-18-3-7-20(8-4-18)49-13-12-45-48-53(42,43)44/h3-10,15-16,35-36H,11,14,29H2,1-2H3,(H,39,40,41)(H,42,43,44). The Hall–Kier alpha value is -4.43. The van der Waals surface area contributed by atoms with Crippen molar-refractivity contribution in [1.82, 2.24) is 4.90 Å². The van der Waals surface area contributed by atoms with E-state index in [-0.39, 0.29) is 43.4 Å². The van der Waals surface area contributed by atoms with Gasteiger partial charge in [0.05, 0.1) is 50.0 Å². The molecule has 0 unspecified atom stereocenters. The topological polar surface area (TPSA) is 299 Å². The van der Waals surface area contributed by atoms with Crippen molar-refractivity contribution < 1.29 is 63.3 Å². The zero-order valence-corrected chi connectivity index (χ0v) is 31.0. The highest BCUT2D eigenvalue weighted by Gasteiger charge is 2.25. The first-order valence-corrected chi connectivity index (χ1v) is 20.1. The van der Waals surface area contributed by atoms with E-state index >= 15 is 0 Å². The molecule has 53 heavy (non-hydrogen) atoms. The Morgan fingerprint density at radius 3 is 2.04 bits per heavy atom. The van der Waals surface area contributed by atoms with Crippen LogP contribution in [0, 0.1) is 11.4 Å². The number of sulfone groups is 1. The van der Waals surface area contributed by atoms with E-state index in [1.54, 1.807) is 31.1 Å². The van der Waals surface area contributed by atoms with Gasteiger partial charge in [-0.05, 0) is 96.2 Å². The Kier molecular flexibility index (Phi) is 13.7. The van der Waals surface area contributed by atoms with Crippen molar-refractivity contribution in [2.75, 3.05) is 32.1 Å². The molecule has 0 aliphatic heterocycles. The third-order valence-electron chi connectivity index (χ3n) is 6.49. The first-order valence-electron chi connectivity index (χ1n) is 14.0. The van der Waals surface area contributed by atoms with Gasteiger partial charge in [0, 0.05) is 16.7 Å². The molecule has 0 saturated carbocycles. The predicted octanol–water partition coefficient (Wildman–Crippen LogP) is 5.73. The van der Waals surface area contributed by atoms with Crippen LogP contribution in [0.3, 0.4) is 0 Å². The summed E-state index contributed by atoms with van der Waals surface area (Å²) in [5.41, 5.74) is 5.34. The van der Waals surface area contributed by atoms with Crippen molar-refractivity contribution >= 4 is 93.4 Å². The molecule has 0 aliphatic carbocycles. The van der Waals surface area contributed by atoms with Crippen LogP contribution in [0.25, 0.3) is 10.8 Å². The van der Waals surface area contributed by atoms with Crippen molar-refractivity contribution in [3.8, 4) is 17.1 Å². The molecule has 282 valence electrons. The summed E-state index contributed by atoms with van der Waals surface area (Å²) in [7, 11) is -9.98. The maximum Gasteiger partial charge on any atom is 0.433 e. The van der Waals surface area contributed by atoms with E-state index < -0.39 is 52.4 Å². The normalized spacial score (nSPS) is 12.5. The molecule has 0 atom stereocenters. The molecule has 0 aliphatic rings. The summed E-state index contributed by atoms with van der Waals surface area (Å²) < 4.78 is 97.6. The number of nitrogens with two attached hydrogens (primary N) is 1. The number of aromatic hydroxyl groups is 1. The molecule has 4 rings (SSSR count). The highest BCUT2D eigenvalue weighted by Crippen LogP contribution is 2.49. The van der Waals surface area contributed by atoms with Gasteiger partial charge in [-0.2, -0.15) is 27.1 Å². The van der Waals surface area contributed by atoms with E-state index in [0.29, 0.717) is 23.5 Å². The van der Waals surface area contributed by atoms with Crippen LogP contribution >= 0.6 is 23.8 Å². The van der Waals surface area contributed by atoms with Crippen LogP contribution in [-0.2, 0) is 48.9 Å². The highest BCUT2D eigenvalue weighted by atomic mass is 32.3. The fraction of sp³-hybridized carbons (Fsp3) is 0.143. The van der Waals surface area contributed by atoms with Crippen molar-refractivity contribution in [2.45, 2.75) is 19.6 Å². The number of nitrogen functional groups attached to an aromatic ring is 1. The van der Waals surface area contributed by atoms with Gasteiger partial charge >= 0.3 is 10.4 Å². The molecule has 6 N–H and O–H groups in total. The number of phenolic OH excluding ortho intramolecular Hbond substituents is 1. The molecule has 0 saturated heterocycles. The minimum Gasteiger partial charge on any atom is -0.505 e. The smallest absolute Gasteiger partial charge is 0.433 e. The molecular formula is C28H26N6O14S5. The molecule has 0 amide bonds. The SMILES string of the molecule is CN(C)CCS(=O)(=O)c1ccc(N=Nc2c(S(=O)(=O)O)cc3cc(SOOO)c(N=Nc4ccc(SC#COOS(=O)(=O)O)cc4)c(O)c3c2N)cc1. The maximum absolute atomic E-state index is 12.6. The van der Waals surface area contributed by atoms with Crippen LogP contribution in [0.1, 0.15) is 0 Å². The van der Waals surface area contributed by atoms with E-state index in [4.69, 9.17) is 15.5 Å². The lowest BCUT2D eigenvalue weighted by Crippen LogP contribution is -2.21. The minimum absolute atomic E-state index is 0.0271. The van der Waals surface area contributed by atoms with Gasteiger partial charge in [-0.1, -0.05) is 5.04 Å². The third kappa shape index (κ3) is 11.5. The second-order valence-electron chi connectivity index (χ2n) is 10.4. The Labute approximate surface area is 310 Å². The Balaban J connectivity index is 1.71. The summed E-state index contributed by atoms with van der Waals surface area (Å²) in [6, 6.07) is 13.5. The summed E-state index contributed by atoms with van der Waals surface area (Å²) in [5, 5.41) is 41.9. The zero-order chi connectivity index (χ0) is 39.0. The van der Waals surface area contributed by atoms with E-state index in [0.717, 1.165) is 17.8 Å². The summed E-state index contributed by atoms with van der Waals surface area (Å²) in [6.45, 7) is 0.296. The largest absolute Gasteiger partial charge is 0.505 e. The highest BCUT2D eigenvalue weighted by molar-refractivity contribution is 8.04. The second kappa shape index (κ2) is 17.6. The molecular weight excluding hydrogens is 805 g/mol. The molecule has 0 fully saturated rings. The van der Waals surface area contributed by atoms with Gasteiger partial charge < -0.3 is 15.7 Å². The first-order chi connectivity index (χ1) is 24.9. The number of rotatable bonds is 15. The average molecular weight is 831 g/mol. The van der Waals surface area contributed by atoms with Crippen LogP contribution < -0.4 is 5.73 Å². The van der Waals surface area contributed by atoms with Gasteiger partial charge in [-0.3, -0.25) is 14.0 Å². The minimum atomic E-state index is -5.01. The van der Waals surface area contributed by atoms with Crippen molar-refractivity contribution in [3.63, 3.8) is 0 Å². The van der Waals surface area contributed by atoms with Gasteiger partial charge in [-0.15, -0.1) is 14.6 Å². The van der Waals surface area contributed by atoms with Crippen molar-refractivity contribution in [3.05, 3.63) is 60.7 Å². The number of fused-ring (bicyclic) bond motifs is 1. The van der Waals surface area contributed by atoms with E-state index in [1.165, 1.54) is 42.5 Å². The summed E-state index contributed by atoms with van der Waals surface area (Å²) >= 11 is 1.24. The molecule has 0 heterocycles. The monoisotopic (exact) mass is 830 g/mol. The zero-order valence-electron chi connectivity index (χ0n) is 26.9. The van der Waals surface area contributed by atoms with Crippen LogP contribution in [-0.4, -0.2) is 76.0 Å². The number of benzene rings is 4. The number of thioether (sulfide) groups is 1. The Morgan fingerprint density at radius 1 is 0.868 bits per heavy atom. The van der Waals surface area contributed by atoms with Gasteiger partial charge in [0.1, 0.15) is 16.3 Å². The maximum atomic E-state index is 12.6. The van der Waals surface area contributed by atoms with Crippen LogP contribution in [0.2, 0.25) is 0 Å². The quantitative estimate of drug-likeness (QED) is 0.0140. The third-order valence-corrected chi connectivity index (χ3v) is 10.6. The number of nitrogens with zero attached hydrogens (tertiary/aromatic N) is 5. The predicted molar refractivity (Wildman–Crippen MR) is 190 cm³/mol. The van der Waals surface area contributed by atoms with E-state index in [9.17, 15) is 34.9 Å². The summed E-state index contributed by atoms with van der Waals surface area (Å²) in [4.78, 5) is 5.43. The lowest BCUT2D eigenvalue weighted by Gasteiger charge is -2.14. The van der Waals surface area contributed by atoms with Crippen molar-refractivity contribution in [2.24, 2.45) is 20.5 Å². The number of phenols is 1. The lowest BCUT2D eigenvalue weighted by atomic mass is 10.1.